The molecule has 5 nitrogen and oxygen atoms in total. The Labute approximate surface area is 165 Å². The minimum absolute atomic E-state index is 0.232. The molecule has 1 saturated heterocycles. The third-order valence-electron chi connectivity index (χ3n) is 4.63. The lowest BCUT2D eigenvalue weighted by Gasteiger charge is -2.10. The molecule has 0 saturated carbocycles. The van der Waals surface area contributed by atoms with E-state index in [1.165, 1.54) is 0 Å². The van der Waals surface area contributed by atoms with Crippen molar-refractivity contribution < 1.29 is 9.59 Å². The normalized spacial score (nSPS) is 15.4. The Balaban J connectivity index is 1.85. The molecular weight excluding hydrogens is 385 g/mol. The largest absolute Gasteiger partial charge is 0.340 e. The van der Waals surface area contributed by atoms with E-state index < -0.39 is 11.9 Å². The van der Waals surface area contributed by atoms with Gasteiger partial charge in [0.15, 0.2) is 0 Å². The Morgan fingerprint density at radius 2 is 1.85 bits per heavy atom. The van der Waals surface area contributed by atoms with Crippen molar-refractivity contribution >= 4 is 52.1 Å². The molecule has 136 valence electrons. The minimum Gasteiger partial charge on any atom is -0.340 e. The van der Waals surface area contributed by atoms with E-state index in [0.717, 1.165) is 27.7 Å². The van der Waals surface area contributed by atoms with E-state index in [4.69, 9.17) is 23.2 Å². The minimum atomic E-state index is -0.513. The van der Waals surface area contributed by atoms with Gasteiger partial charge in [0.25, 0.3) is 5.91 Å². The summed E-state index contributed by atoms with van der Waals surface area (Å²) in [6.45, 7) is 2.54. The number of fused-ring (bicyclic) bond motifs is 1. The second-order valence-electron chi connectivity index (χ2n) is 6.30. The van der Waals surface area contributed by atoms with E-state index >= 15 is 0 Å². The molecule has 0 spiro atoms. The van der Waals surface area contributed by atoms with Crippen LogP contribution in [0.4, 0.5) is 4.79 Å². The highest BCUT2D eigenvalue weighted by atomic mass is 35.5. The summed E-state index contributed by atoms with van der Waals surface area (Å²) in [6, 6.07) is 12.8. The number of hydrogen-bond donors (Lipinski definition) is 2. The van der Waals surface area contributed by atoms with Crippen molar-refractivity contribution in [1.82, 2.24) is 15.2 Å². The molecule has 1 aromatic heterocycles. The van der Waals surface area contributed by atoms with E-state index in [0.29, 0.717) is 16.6 Å². The second-order valence-corrected chi connectivity index (χ2v) is 7.15. The van der Waals surface area contributed by atoms with Gasteiger partial charge in [-0.2, -0.15) is 0 Å². The number of aromatic nitrogens is 1. The smallest absolute Gasteiger partial charge is 0.326 e. The number of para-hydroxylation sites is 1. The Morgan fingerprint density at radius 3 is 2.56 bits per heavy atom. The first-order valence-electron chi connectivity index (χ1n) is 8.30. The fourth-order valence-electron chi connectivity index (χ4n) is 3.29. The summed E-state index contributed by atoms with van der Waals surface area (Å²) in [5, 5.41) is 6.93. The summed E-state index contributed by atoms with van der Waals surface area (Å²) >= 11 is 12.4. The van der Waals surface area contributed by atoms with Gasteiger partial charge in [0.2, 0.25) is 0 Å². The summed E-state index contributed by atoms with van der Waals surface area (Å²) in [6.07, 6.45) is 1.71. The highest BCUT2D eigenvalue weighted by Gasteiger charge is 2.24. The van der Waals surface area contributed by atoms with Gasteiger partial charge in [-0.1, -0.05) is 47.5 Å². The Hall–Kier alpha value is -2.76. The van der Waals surface area contributed by atoms with Gasteiger partial charge in [-0.15, -0.1) is 0 Å². The number of carbonyl (C=O) groups is 2. The molecule has 3 aromatic rings. The summed E-state index contributed by atoms with van der Waals surface area (Å²) in [5.74, 6) is -0.433. The van der Waals surface area contributed by atoms with Crippen molar-refractivity contribution in [2.75, 3.05) is 0 Å². The van der Waals surface area contributed by atoms with Gasteiger partial charge in [-0.05, 0) is 36.8 Å². The topological polar surface area (TPSA) is 63.1 Å². The number of benzene rings is 2. The van der Waals surface area contributed by atoms with Gasteiger partial charge in [0.1, 0.15) is 5.70 Å². The van der Waals surface area contributed by atoms with Crippen LogP contribution in [-0.4, -0.2) is 16.5 Å². The van der Waals surface area contributed by atoms with Gasteiger partial charge >= 0.3 is 6.03 Å². The van der Waals surface area contributed by atoms with Crippen molar-refractivity contribution in [3.05, 3.63) is 75.0 Å². The molecule has 0 atom stereocenters. The summed E-state index contributed by atoms with van der Waals surface area (Å²) in [4.78, 5) is 23.3. The highest BCUT2D eigenvalue weighted by molar-refractivity contribution is 6.35. The molecule has 27 heavy (non-hydrogen) atoms. The summed E-state index contributed by atoms with van der Waals surface area (Å²) < 4.78 is 2.13. The predicted molar refractivity (Wildman–Crippen MR) is 107 cm³/mol. The Kier molecular flexibility index (Phi) is 4.42. The maximum absolute atomic E-state index is 11.9. The van der Waals surface area contributed by atoms with Gasteiger partial charge in [-0.25, -0.2) is 4.79 Å². The first-order chi connectivity index (χ1) is 12.9. The van der Waals surface area contributed by atoms with Crippen LogP contribution in [0.2, 0.25) is 10.0 Å². The van der Waals surface area contributed by atoms with Crippen LogP contribution in [0.1, 0.15) is 16.8 Å². The van der Waals surface area contributed by atoms with Crippen molar-refractivity contribution in [3.8, 4) is 0 Å². The lowest BCUT2D eigenvalue weighted by atomic mass is 10.1. The maximum Gasteiger partial charge on any atom is 0.326 e. The van der Waals surface area contributed by atoms with Crippen molar-refractivity contribution in [3.63, 3.8) is 0 Å². The number of rotatable bonds is 3. The summed E-state index contributed by atoms with van der Waals surface area (Å²) in [7, 11) is 0. The molecule has 2 heterocycles. The number of urea groups is 1. The molecule has 1 aliphatic heterocycles. The maximum atomic E-state index is 11.9. The molecule has 0 aliphatic carbocycles. The van der Waals surface area contributed by atoms with Crippen molar-refractivity contribution in [1.29, 1.82) is 0 Å². The van der Waals surface area contributed by atoms with Crippen LogP contribution in [0, 0.1) is 6.92 Å². The van der Waals surface area contributed by atoms with Crippen molar-refractivity contribution in [2.45, 2.75) is 13.5 Å². The molecule has 7 heteroatoms. The lowest BCUT2D eigenvalue weighted by molar-refractivity contribution is -0.115. The Morgan fingerprint density at radius 1 is 1.07 bits per heavy atom. The van der Waals surface area contributed by atoms with E-state index in [2.05, 4.69) is 15.2 Å². The van der Waals surface area contributed by atoms with Crippen molar-refractivity contribution in [2.24, 2.45) is 0 Å². The van der Waals surface area contributed by atoms with Crippen LogP contribution in [0.5, 0.6) is 0 Å². The van der Waals surface area contributed by atoms with Crippen LogP contribution in [0.3, 0.4) is 0 Å². The third-order valence-corrected chi connectivity index (χ3v) is 5.22. The van der Waals surface area contributed by atoms with Crippen LogP contribution in [-0.2, 0) is 11.3 Å². The zero-order valence-electron chi connectivity index (χ0n) is 14.3. The van der Waals surface area contributed by atoms with E-state index in [-0.39, 0.29) is 5.70 Å². The number of hydrogen-bond acceptors (Lipinski definition) is 2. The summed E-state index contributed by atoms with van der Waals surface area (Å²) in [5.41, 5.74) is 4.02. The Bertz CT molecular complexity index is 1130. The number of imide groups is 1. The standard InChI is InChI=1S/C20H15Cl2N3O2/c1-11-15(9-17-19(26)24-20(27)23-17)14-4-2-3-5-18(14)25(11)10-12-6-7-13(21)8-16(12)22/h2-9H,10H2,1H3,(H2,23,24,26,27)/b17-9+. The average Bonchev–Trinajstić information content (AvgIpc) is 3.08. The van der Waals surface area contributed by atoms with Gasteiger partial charge in [0, 0.05) is 38.8 Å². The predicted octanol–water partition coefficient (Wildman–Crippen LogP) is 4.49. The number of amides is 3. The molecule has 1 aliphatic rings. The highest BCUT2D eigenvalue weighted by Crippen LogP contribution is 2.30. The molecule has 2 aromatic carbocycles. The molecule has 2 N–H and O–H groups in total. The zero-order valence-corrected chi connectivity index (χ0v) is 15.9. The fourth-order valence-corrected chi connectivity index (χ4v) is 3.76. The van der Waals surface area contributed by atoms with Crippen LogP contribution in [0.15, 0.2) is 48.2 Å². The molecule has 0 radical (unpaired) electrons. The van der Waals surface area contributed by atoms with Crippen LogP contribution in [0.25, 0.3) is 17.0 Å². The fraction of sp³-hybridized carbons (Fsp3) is 0.100. The van der Waals surface area contributed by atoms with E-state index in [1.54, 1.807) is 12.1 Å². The first kappa shape index (κ1) is 17.6. The van der Waals surface area contributed by atoms with E-state index in [9.17, 15) is 9.59 Å². The number of halogens is 2. The van der Waals surface area contributed by atoms with Crippen LogP contribution < -0.4 is 10.6 Å². The molecule has 1 fully saturated rings. The second kappa shape index (κ2) is 6.76. The van der Waals surface area contributed by atoms with Gasteiger partial charge < -0.3 is 9.88 Å². The molecule has 0 bridgehead atoms. The molecule has 4 rings (SSSR count). The van der Waals surface area contributed by atoms with E-state index in [1.807, 2.05) is 43.3 Å². The molecule has 3 amide bonds. The molecule has 0 unspecified atom stereocenters. The molecular formula is C20H15Cl2N3O2. The number of nitrogens with zero attached hydrogens (tertiary/aromatic N) is 1. The third kappa shape index (κ3) is 3.20. The van der Waals surface area contributed by atoms with Crippen LogP contribution >= 0.6 is 23.2 Å². The quantitative estimate of drug-likeness (QED) is 0.503. The average molecular weight is 400 g/mol. The lowest BCUT2D eigenvalue weighted by Crippen LogP contribution is -2.22. The monoisotopic (exact) mass is 399 g/mol. The van der Waals surface area contributed by atoms with Gasteiger partial charge in [-0.3, -0.25) is 10.1 Å². The SMILES string of the molecule is Cc1c(/C=C2/NC(=O)NC2=O)c2ccccc2n1Cc1ccc(Cl)cc1Cl. The number of carbonyl (C=O) groups excluding carboxylic acids is 2. The first-order valence-corrected chi connectivity index (χ1v) is 9.05. The number of nitrogens with one attached hydrogen (secondary N) is 2. The zero-order chi connectivity index (χ0) is 19.1. The van der Waals surface area contributed by atoms with Gasteiger partial charge in [0.05, 0.1) is 0 Å².